The van der Waals surface area contributed by atoms with Crippen molar-refractivity contribution in [3.63, 3.8) is 0 Å². The van der Waals surface area contributed by atoms with E-state index in [2.05, 4.69) is 4.98 Å². The van der Waals surface area contributed by atoms with Crippen LogP contribution in [0.5, 0.6) is 0 Å². The molecular weight excluding hydrogens is 213 g/mol. The molecule has 2 aromatic heterocycles. The number of halogens is 3. The van der Waals surface area contributed by atoms with Gasteiger partial charge in [-0.1, -0.05) is 0 Å². The summed E-state index contributed by atoms with van der Waals surface area (Å²) in [5.74, 6) is 0. The van der Waals surface area contributed by atoms with Crippen LogP contribution in [0.4, 0.5) is 18.9 Å². The lowest BCUT2D eigenvalue weighted by atomic mass is 10.3. The third-order valence-corrected chi connectivity index (χ3v) is 2.68. The van der Waals surface area contributed by atoms with Crippen LogP contribution >= 0.6 is 11.3 Å². The fraction of sp³-hybridized carbons (Fsp3) is 0.125. The first kappa shape index (κ1) is 9.26. The van der Waals surface area contributed by atoms with Gasteiger partial charge in [-0.3, -0.25) is 0 Å². The maximum Gasteiger partial charge on any atom is 0.433 e. The third-order valence-electron chi connectivity index (χ3n) is 1.73. The Morgan fingerprint density at radius 3 is 2.71 bits per heavy atom. The number of thiophene rings is 1. The first-order valence-electron chi connectivity index (χ1n) is 3.69. The summed E-state index contributed by atoms with van der Waals surface area (Å²) < 4.78 is 37.5. The molecule has 0 aromatic carbocycles. The van der Waals surface area contributed by atoms with Gasteiger partial charge in [-0.25, -0.2) is 4.98 Å². The number of fused-ring (bicyclic) bond motifs is 1. The Morgan fingerprint density at radius 2 is 2.07 bits per heavy atom. The zero-order chi connectivity index (χ0) is 10.3. The number of hydrogen-bond acceptors (Lipinski definition) is 3. The highest BCUT2D eigenvalue weighted by atomic mass is 32.1. The van der Waals surface area contributed by atoms with Gasteiger partial charge in [-0.15, -0.1) is 11.3 Å². The Hall–Kier alpha value is -1.30. The van der Waals surface area contributed by atoms with Crippen LogP contribution in [0.2, 0.25) is 0 Å². The van der Waals surface area contributed by atoms with Gasteiger partial charge in [0.15, 0.2) is 0 Å². The monoisotopic (exact) mass is 218 g/mol. The molecule has 0 spiro atoms. The molecule has 0 saturated carbocycles. The molecule has 6 heteroatoms. The second-order valence-electron chi connectivity index (χ2n) is 2.73. The van der Waals surface area contributed by atoms with E-state index in [1.165, 1.54) is 17.4 Å². The Labute approximate surface area is 81.2 Å². The van der Waals surface area contributed by atoms with Gasteiger partial charge in [0.05, 0.1) is 15.9 Å². The highest BCUT2D eigenvalue weighted by Crippen LogP contribution is 2.33. The van der Waals surface area contributed by atoms with Crippen LogP contribution in [0.1, 0.15) is 5.69 Å². The van der Waals surface area contributed by atoms with Gasteiger partial charge in [0.2, 0.25) is 0 Å². The third kappa shape index (κ3) is 1.41. The number of aromatic nitrogens is 1. The van der Waals surface area contributed by atoms with Crippen molar-refractivity contribution in [3.05, 3.63) is 23.2 Å². The molecule has 2 N–H and O–H groups in total. The number of anilines is 1. The summed E-state index contributed by atoms with van der Waals surface area (Å²) in [7, 11) is 0. The molecule has 14 heavy (non-hydrogen) atoms. The minimum Gasteiger partial charge on any atom is -0.397 e. The summed E-state index contributed by atoms with van der Waals surface area (Å²) in [5.41, 5.74) is 4.94. The van der Waals surface area contributed by atoms with Gasteiger partial charge >= 0.3 is 6.18 Å². The van der Waals surface area contributed by atoms with Crippen molar-refractivity contribution >= 4 is 27.2 Å². The molecule has 0 atom stereocenters. The van der Waals surface area contributed by atoms with Crippen LogP contribution in [0.3, 0.4) is 0 Å². The second-order valence-corrected chi connectivity index (χ2v) is 3.65. The number of rotatable bonds is 0. The van der Waals surface area contributed by atoms with Crippen LogP contribution in [0.25, 0.3) is 10.2 Å². The maximum absolute atomic E-state index is 12.3. The summed E-state index contributed by atoms with van der Waals surface area (Å²) >= 11 is 1.28. The van der Waals surface area contributed by atoms with E-state index in [-0.39, 0.29) is 5.69 Å². The Balaban J connectivity index is 2.70. The summed E-state index contributed by atoms with van der Waals surface area (Å²) in [4.78, 5) is 3.47. The predicted molar refractivity (Wildman–Crippen MR) is 49.0 cm³/mol. The topological polar surface area (TPSA) is 38.9 Å². The smallest absolute Gasteiger partial charge is 0.397 e. The number of nitrogen functional groups attached to an aromatic ring is 1. The number of hydrogen-bond donors (Lipinski definition) is 1. The van der Waals surface area contributed by atoms with Gasteiger partial charge in [0.1, 0.15) is 5.69 Å². The van der Waals surface area contributed by atoms with E-state index < -0.39 is 11.9 Å². The van der Waals surface area contributed by atoms with Gasteiger partial charge in [-0.05, 0) is 17.5 Å². The van der Waals surface area contributed by atoms with Crippen LogP contribution in [-0.4, -0.2) is 4.98 Å². The molecule has 0 fully saturated rings. The summed E-state index contributed by atoms with van der Waals surface area (Å²) in [6.45, 7) is 0. The standard InChI is InChI=1S/C8H5F3N2S/c9-8(10,11)6-3-4(12)7-5(13-6)1-2-14-7/h1-3H,(H2,12,13). The molecule has 0 unspecified atom stereocenters. The van der Waals surface area contributed by atoms with Crippen molar-refractivity contribution in [1.82, 2.24) is 4.98 Å². The average molecular weight is 218 g/mol. The Bertz CT molecular complexity index is 475. The van der Waals surface area contributed by atoms with Crippen LogP contribution in [-0.2, 0) is 6.18 Å². The van der Waals surface area contributed by atoms with Crippen LogP contribution < -0.4 is 5.73 Å². The largest absolute Gasteiger partial charge is 0.433 e. The van der Waals surface area contributed by atoms with Crippen molar-refractivity contribution in [2.75, 3.05) is 5.73 Å². The molecular formula is C8H5F3N2S. The van der Waals surface area contributed by atoms with Gasteiger partial charge in [-0.2, -0.15) is 13.2 Å². The number of alkyl halides is 3. The molecule has 2 aromatic rings. The lowest BCUT2D eigenvalue weighted by molar-refractivity contribution is -0.140. The molecule has 0 saturated heterocycles. The van der Waals surface area contributed by atoms with Gasteiger partial charge in [0.25, 0.3) is 0 Å². The average Bonchev–Trinajstić information content (AvgIpc) is 2.50. The zero-order valence-corrected chi connectivity index (χ0v) is 7.62. The SMILES string of the molecule is Nc1cc(C(F)(F)F)nc2ccsc12. The van der Waals surface area contributed by atoms with Crippen molar-refractivity contribution in [2.45, 2.75) is 6.18 Å². The lowest BCUT2D eigenvalue weighted by Crippen LogP contribution is -2.08. The molecule has 0 aliphatic carbocycles. The van der Waals surface area contributed by atoms with E-state index in [1.807, 2.05) is 0 Å². The molecule has 0 aliphatic rings. The number of nitrogens with zero attached hydrogens (tertiary/aromatic N) is 1. The second kappa shape index (κ2) is 2.84. The molecule has 0 bridgehead atoms. The van der Waals surface area contributed by atoms with Gasteiger partial charge in [0, 0.05) is 0 Å². The van der Waals surface area contributed by atoms with E-state index in [9.17, 15) is 13.2 Å². The Morgan fingerprint density at radius 1 is 1.36 bits per heavy atom. The Kier molecular flexibility index (Phi) is 1.88. The zero-order valence-electron chi connectivity index (χ0n) is 6.80. The molecule has 74 valence electrons. The quantitative estimate of drug-likeness (QED) is 0.738. The van der Waals surface area contributed by atoms with E-state index in [4.69, 9.17) is 5.73 Å². The highest BCUT2D eigenvalue weighted by Gasteiger charge is 2.33. The van der Waals surface area contributed by atoms with E-state index >= 15 is 0 Å². The van der Waals surface area contributed by atoms with Crippen molar-refractivity contribution in [1.29, 1.82) is 0 Å². The van der Waals surface area contributed by atoms with Crippen LogP contribution in [0, 0.1) is 0 Å². The van der Waals surface area contributed by atoms with Crippen molar-refractivity contribution in [2.24, 2.45) is 0 Å². The van der Waals surface area contributed by atoms with E-state index in [0.29, 0.717) is 10.2 Å². The van der Waals surface area contributed by atoms with Gasteiger partial charge < -0.3 is 5.73 Å². The highest BCUT2D eigenvalue weighted by molar-refractivity contribution is 7.17. The molecule has 0 amide bonds. The molecule has 0 radical (unpaired) electrons. The molecule has 2 rings (SSSR count). The summed E-state index contributed by atoms with van der Waals surface area (Å²) in [6.07, 6.45) is -4.44. The number of pyridine rings is 1. The maximum atomic E-state index is 12.3. The number of nitrogens with two attached hydrogens (primary N) is 1. The van der Waals surface area contributed by atoms with E-state index in [0.717, 1.165) is 6.07 Å². The minimum absolute atomic E-state index is 0.123. The fourth-order valence-corrected chi connectivity index (χ4v) is 1.89. The predicted octanol–water partition coefficient (Wildman–Crippen LogP) is 2.90. The lowest BCUT2D eigenvalue weighted by Gasteiger charge is -2.06. The van der Waals surface area contributed by atoms with Crippen LogP contribution in [0.15, 0.2) is 17.5 Å². The fourth-order valence-electron chi connectivity index (χ4n) is 1.13. The molecule has 2 heterocycles. The van der Waals surface area contributed by atoms with Crippen molar-refractivity contribution in [3.8, 4) is 0 Å². The first-order valence-corrected chi connectivity index (χ1v) is 4.57. The summed E-state index contributed by atoms with van der Waals surface area (Å²) in [5, 5.41) is 1.66. The molecule has 0 aliphatic heterocycles. The normalized spacial score (nSPS) is 12.2. The summed E-state index contributed by atoms with van der Waals surface area (Å²) in [6, 6.07) is 2.38. The molecule has 2 nitrogen and oxygen atoms in total. The van der Waals surface area contributed by atoms with E-state index in [1.54, 1.807) is 5.38 Å². The van der Waals surface area contributed by atoms with Crippen molar-refractivity contribution < 1.29 is 13.2 Å². The minimum atomic E-state index is -4.44. The first-order chi connectivity index (χ1) is 6.48.